The van der Waals surface area contributed by atoms with Crippen LogP contribution >= 0.6 is 0 Å². The third-order valence-corrected chi connectivity index (χ3v) is 5.85. The Hall–Kier alpha value is -3.35. The fraction of sp³-hybridized carbons (Fsp3) is 0.423. The highest BCUT2D eigenvalue weighted by molar-refractivity contribution is 5.79. The lowest BCUT2D eigenvalue weighted by Crippen LogP contribution is -2.27. The molecule has 3 rings (SSSR count). The number of aliphatic carboxylic acids is 1. The van der Waals surface area contributed by atoms with Gasteiger partial charge >= 0.3 is 12.1 Å². The van der Waals surface area contributed by atoms with Crippen molar-refractivity contribution in [2.75, 3.05) is 19.7 Å². The zero-order chi connectivity index (χ0) is 23.5. The summed E-state index contributed by atoms with van der Waals surface area (Å²) < 4.78 is 5.53. The second kappa shape index (κ2) is 12.6. The van der Waals surface area contributed by atoms with Crippen LogP contribution in [0.25, 0.3) is 11.1 Å². The highest BCUT2D eigenvalue weighted by Gasteiger charge is 2.28. The molecule has 2 aromatic carbocycles. The van der Waals surface area contributed by atoms with Gasteiger partial charge in [-0.1, -0.05) is 67.8 Å². The Kier molecular flexibility index (Phi) is 9.30. The van der Waals surface area contributed by atoms with Crippen LogP contribution in [0.1, 0.15) is 62.0 Å². The number of benzene rings is 2. The zero-order valence-electron chi connectivity index (χ0n) is 18.8. The standard InChI is InChI=1S/C26H32N2O5/c29-24(27-17-15-25(30)31)14-4-2-1-3-9-16-28-26(32)33-18-23-21-12-7-5-10-19(21)20-11-6-8-13-22(20)23/h5-8,10-13,23H,1-4,9,14-18H2,(H,27,29)(H,28,32)(H,30,31). The third kappa shape index (κ3) is 7.34. The van der Waals surface area contributed by atoms with E-state index in [1.54, 1.807) is 0 Å². The van der Waals surface area contributed by atoms with E-state index in [0.29, 0.717) is 19.6 Å². The SMILES string of the molecule is O=C(O)CCNC(=O)CCCCCCCNC(=O)OCC1c2ccccc2-c2ccccc21. The summed E-state index contributed by atoms with van der Waals surface area (Å²) in [5.74, 6) is -0.959. The average Bonchev–Trinajstić information content (AvgIpc) is 3.13. The van der Waals surface area contributed by atoms with E-state index in [1.165, 1.54) is 22.3 Å². The predicted octanol–water partition coefficient (Wildman–Crippen LogP) is 4.46. The van der Waals surface area contributed by atoms with E-state index in [1.807, 2.05) is 24.3 Å². The summed E-state index contributed by atoms with van der Waals surface area (Å²) in [6, 6.07) is 16.5. The van der Waals surface area contributed by atoms with E-state index in [4.69, 9.17) is 9.84 Å². The Morgan fingerprint density at radius 2 is 1.36 bits per heavy atom. The van der Waals surface area contributed by atoms with Crippen LogP contribution in [0.2, 0.25) is 0 Å². The van der Waals surface area contributed by atoms with Gasteiger partial charge in [0.25, 0.3) is 0 Å². The predicted molar refractivity (Wildman–Crippen MR) is 126 cm³/mol. The molecule has 0 fully saturated rings. The van der Waals surface area contributed by atoms with Crippen LogP contribution in [0.15, 0.2) is 48.5 Å². The molecule has 33 heavy (non-hydrogen) atoms. The molecule has 0 radical (unpaired) electrons. The Labute approximate surface area is 194 Å². The van der Waals surface area contributed by atoms with Crippen LogP contribution in [0.3, 0.4) is 0 Å². The van der Waals surface area contributed by atoms with Crippen molar-refractivity contribution in [2.45, 2.75) is 50.9 Å². The highest BCUT2D eigenvalue weighted by atomic mass is 16.5. The van der Waals surface area contributed by atoms with Crippen LogP contribution in [-0.4, -0.2) is 42.8 Å². The molecule has 2 aromatic rings. The zero-order valence-corrected chi connectivity index (χ0v) is 18.8. The minimum atomic E-state index is -0.915. The number of carbonyl (C=O) groups is 3. The second-order valence-electron chi connectivity index (χ2n) is 8.26. The molecule has 0 aromatic heterocycles. The molecule has 0 saturated carbocycles. The Morgan fingerprint density at radius 3 is 2.03 bits per heavy atom. The summed E-state index contributed by atoms with van der Waals surface area (Å²) >= 11 is 0. The first-order valence-corrected chi connectivity index (χ1v) is 11.6. The van der Waals surface area contributed by atoms with E-state index in [9.17, 15) is 14.4 Å². The molecule has 0 unspecified atom stereocenters. The van der Waals surface area contributed by atoms with Gasteiger partial charge in [-0.15, -0.1) is 0 Å². The van der Waals surface area contributed by atoms with Crippen molar-refractivity contribution in [3.05, 3.63) is 59.7 Å². The van der Waals surface area contributed by atoms with Gasteiger partial charge in [0.05, 0.1) is 6.42 Å². The number of rotatable bonds is 13. The summed E-state index contributed by atoms with van der Waals surface area (Å²) in [6.45, 7) is 1.05. The number of carboxylic acid groups (broad SMARTS) is 1. The lowest BCUT2D eigenvalue weighted by Gasteiger charge is -2.14. The van der Waals surface area contributed by atoms with Gasteiger partial charge < -0.3 is 20.5 Å². The Morgan fingerprint density at radius 1 is 0.758 bits per heavy atom. The normalized spacial score (nSPS) is 12.0. The van der Waals surface area contributed by atoms with Crippen LogP contribution in [0.5, 0.6) is 0 Å². The van der Waals surface area contributed by atoms with Crippen molar-refractivity contribution in [3.63, 3.8) is 0 Å². The first-order chi connectivity index (χ1) is 16.1. The van der Waals surface area contributed by atoms with Crippen molar-refractivity contribution in [1.82, 2.24) is 10.6 Å². The average molecular weight is 453 g/mol. The smallest absolute Gasteiger partial charge is 0.407 e. The molecule has 1 aliphatic carbocycles. The molecule has 0 bridgehead atoms. The molecular formula is C26H32N2O5. The van der Waals surface area contributed by atoms with E-state index in [-0.39, 0.29) is 24.8 Å². The van der Waals surface area contributed by atoms with Gasteiger partial charge in [0.2, 0.25) is 5.91 Å². The third-order valence-electron chi connectivity index (χ3n) is 5.85. The molecule has 3 N–H and O–H groups in total. The molecular weight excluding hydrogens is 420 g/mol. The summed E-state index contributed by atoms with van der Waals surface area (Å²) in [6.07, 6.45) is 4.47. The van der Waals surface area contributed by atoms with Crippen LogP contribution in [-0.2, 0) is 14.3 Å². The monoisotopic (exact) mass is 452 g/mol. The molecule has 1 aliphatic rings. The lowest BCUT2D eigenvalue weighted by molar-refractivity contribution is -0.136. The fourth-order valence-corrected chi connectivity index (χ4v) is 4.18. The van der Waals surface area contributed by atoms with E-state index in [2.05, 4.69) is 34.9 Å². The number of carbonyl (C=O) groups excluding carboxylic acids is 2. The number of alkyl carbamates (subject to hydrolysis) is 1. The summed E-state index contributed by atoms with van der Waals surface area (Å²) in [5.41, 5.74) is 4.81. The first kappa shape index (κ1) is 24.3. The second-order valence-corrected chi connectivity index (χ2v) is 8.26. The van der Waals surface area contributed by atoms with Crippen molar-refractivity contribution in [3.8, 4) is 11.1 Å². The largest absolute Gasteiger partial charge is 0.481 e. The fourth-order valence-electron chi connectivity index (χ4n) is 4.18. The van der Waals surface area contributed by atoms with Crippen LogP contribution in [0, 0.1) is 0 Å². The molecule has 0 spiro atoms. The molecule has 7 nitrogen and oxygen atoms in total. The maximum atomic E-state index is 12.1. The Bertz CT molecular complexity index is 914. The summed E-state index contributed by atoms with van der Waals surface area (Å²) in [5, 5.41) is 14.0. The van der Waals surface area contributed by atoms with E-state index in [0.717, 1.165) is 32.1 Å². The number of hydrogen-bond acceptors (Lipinski definition) is 4. The minimum Gasteiger partial charge on any atom is -0.481 e. The number of carboxylic acids is 1. The molecule has 0 atom stereocenters. The number of nitrogens with one attached hydrogen (secondary N) is 2. The summed E-state index contributed by atoms with van der Waals surface area (Å²) in [7, 11) is 0. The number of hydrogen-bond donors (Lipinski definition) is 3. The minimum absolute atomic E-state index is 0.0532. The molecule has 0 heterocycles. The van der Waals surface area contributed by atoms with Gasteiger partial charge in [0, 0.05) is 25.4 Å². The molecule has 7 heteroatoms. The van der Waals surface area contributed by atoms with Gasteiger partial charge in [0.15, 0.2) is 0 Å². The van der Waals surface area contributed by atoms with Gasteiger partial charge in [-0.3, -0.25) is 9.59 Å². The van der Waals surface area contributed by atoms with Gasteiger partial charge in [-0.25, -0.2) is 4.79 Å². The van der Waals surface area contributed by atoms with Crippen molar-refractivity contribution in [2.24, 2.45) is 0 Å². The van der Waals surface area contributed by atoms with Crippen molar-refractivity contribution in [1.29, 1.82) is 0 Å². The van der Waals surface area contributed by atoms with Crippen LogP contribution < -0.4 is 10.6 Å². The number of fused-ring (bicyclic) bond motifs is 3. The molecule has 0 aliphatic heterocycles. The number of unbranched alkanes of at least 4 members (excludes halogenated alkanes) is 4. The van der Waals surface area contributed by atoms with Gasteiger partial charge in [-0.2, -0.15) is 0 Å². The molecule has 2 amide bonds. The van der Waals surface area contributed by atoms with Gasteiger partial charge in [-0.05, 0) is 35.1 Å². The van der Waals surface area contributed by atoms with Crippen molar-refractivity contribution < 1.29 is 24.2 Å². The summed E-state index contributed by atoms with van der Waals surface area (Å²) in [4.78, 5) is 34.1. The molecule has 0 saturated heterocycles. The number of ether oxygens (including phenoxy) is 1. The first-order valence-electron chi connectivity index (χ1n) is 11.6. The van der Waals surface area contributed by atoms with Crippen LogP contribution in [0.4, 0.5) is 4.79 Å². The van der Waals surface area contributed by atoms with E-state index >= 15 is 0 Å². The Balaban J connectivity index is 1.26. The molecule has 176 valence electrons. The van der Waals surface area contributed by atoms with E-state index < -0.39 is 12.1 Å². The van der Waals surface area contributed by atoms with Crippen molar-refractivity contribution >= 4 is 18.0 Å². The quantitative estimate of drug-likeness (QED) is 0.389. The topological polar surface area (TPSA) is 105 Å². The highest BCUT2D eigenvalue weighted by Crippen LogP contribution is 2.44. The van der Waals surface area contributed by atoms with Gasteiger partial charge in [0.1, 0.15) is 6.61 Å². The maximum absolute atomic E-state index is 12.1. The number of amides is 2. The maximum Gasteiger partial charge on any atom is 0.407 e. The lowest BCUT2D eigenvalue weighted by atomic mass is 9.98.